The van der Waals surface area contributed by atoms with Crippen molar-refractivity contribution in [2.24, 2.45) is 11.8 Å². The summed E-state index contributed by atoms with van der Waals surface area (Å²) in [6.45, 7) is 4.72. The van der Waals surface area contributed by atoms with Gasteiger partial charge in [0, 0.05) is 5.69 Å². The highest BCUT2D eigenvalue weighted by atomic mass is 14.6. The molecule has 0 radical (unpaired) electrons. The van der Waals surface area contributed by atoms with E-state index in [4.69, 9.17) is 5.73 Å². The summed E-state index contributed by atoms with van der Waals surface area (Å²) < 4.78 is 0. The first-order valence-electron chi connectivity index (χ1n) is 6.58. The molecule has 1 fully saturated rings. The number of fused-ring (bicyclic) bond motifs is 3. The van der Waals surface area contributed by atoms with Gasteiger partial charge in [0.2, 0.25) is 0 Å². The fourth-order valence-electron chi connectivity index (χ4n) is 4.18. The minimum atomic E-state index is 0.744. The molecule has 2 aliphatic carbocycles. The largest absolute Gasteiger partial charge is 0.398 e. The van der Waals surface area contributed by atoms with E-state index in [0.717, 1.165) is 29.4 Å². The second kappa shape index (κ2) is 3.51. The molecule has 0 heterocycles. The number of benzene rings is 1. The van der Waals surface area contributed by atoms with Crippen LogP contribution >= 0.6 is 0 Å². The highest BCUT2D eigenvalue weighted by Gasteiger charge is 2.44. The fraction of sp³-hybridized carbons (Fsp3) is 0.600. The van der Waals surface area contributed by atoms with Crippen LogP contribution < -0.4 is 5.73 Å². The van der Waals surface area contributed by atoms with Crippen molar-refractivity contribution in [3.8, 4) is 0 Å². The van der Waals surface area contributed by atoms with Crippen molar-refractivity contribution in [2.75, 3.05) is 5.73 Å². The summed E-state index contributed by atoms with van der Waals surface area (Å²) in [6, 6.07) is 6.52. The Hall–Kier alpha value is -0.980. The number of nitrogens with two attached hydrogens (primary N) is 1. The van der Waals surface area contributed by atoms with Crippen LogP contribution in [0.2, 0.25) is 0 Å². The second-order valence-corrected chi connectivity index (χ2v) is 5.82. The molecule has 1 aromatic carbocycles. The smallest absolute Gasteiger partial charge is 0.0352 e. The van der Waals surface area contributed by atoms with Gasteiger partial charge in [-0.2, -0.15) is 0 Å². The van der Waals surface area contributed by atoms with Gasteiger partial charge in [0.1, 0.15) is 0 Å². The first-order valence-corrected chi connectivity index (χ1v) is 6.58. The van der Waals surface area contributed by atoms with Crippen molar-refractivity contribution in [3.05, 3.63) is 29.3 Å². The highest BCUT2D eigenvalue weighted by Crippen LogP contribution is 2.58. The zero-order chi connectivity index (χ0) is 11.3. The average molecular weight is 215 g/mol. The van der Waals surface area contributed by atoms with Crippen LogP contribution in [0, 0.1) is 11.8 Å². The predicted octanol–water partition coefficient (Wildman–Crippen LogP) is 3.91. The molecule has 0 aromatic heterocycles. The van der Waals surface area contributed by atoms with Gasteiger partial charge in [-0.25, -0.2) is 0 Å². The normalized spacial score (nSPS) is 31.8. The lowest BCUT2D eigenvalue weighted by Gasteiger charge is -2.23. The fourth-order valence-corrected chi connectivity index (χ4v) is 4.18. The Morgan fingerprint density at radius 3 is 2.81 bits per heavy atom. The summed E-state index contributed by atoms with van der Waals surface area (Å²) in [4.78, 5) is 0. The Morgan fingerprint density at radius 1 is 1.25 bits per heavy atom. The summed E-state index contributed by atoms with van der Waals surface area (Å²) in [5.41, 5.74) is 10.3. The summed E-state index contributed by atoms with van der Waals surface area (Å²) in [5, 5.41) is 0. The summed E-state index contributed by atoms with van der Waals surface area (Å²) in [5.74, 6) is 3.14. The van der Waals surface area contributed by atoms with E-state index in [1.165, 1.54) is 24.8 Å². The Morgan fingerprint density at radius 2 is 2.06 bits per heavy atom. The van der Waals surface area contributed by atoms with Crippen LogP contribution in [0.4, 0.5) is 5.69 Å². The van der Waals surface area contributed by atoms with Crippen LogP contribution in [0.5, 0.6) is 0 Å². The maximum absolute atomic E-state index is 6.19. The molecule has 0 amide bonds. The van der Waals surface area contributed by atoms with E-state index in [0.29, 0.717) is 0 Å². The van der Waals surface area contributed by atoms with Crippen LogP contribution in [-0.4, -0.2) is 0 Å². The van der Waals surface area contributed by atoms with Crippen LogP contribution in [-0.2, 0) is 0 Å². The number of nitrogen functional groups attached to an aromatic ring is 1. The molecule has 1 aromatic rings. The number of hydrogen-bond acceptors (Lipinski definition) is 1. The van der Waals surface area contributed by atoms with Crippen LogP contribution in [0.3, 0.4) is 0 Å². The molecule has 1 heteroatoms. The van der Waals surface area contributed by atoms with Crippen molar-refractivity contribution in [3.63, 3.8) is 0 Å². The van der Waals surface area contributed by atoms with Crippen LogP contribution in [0.25, 0.3) is 0 Å². The first kappa shape index (κ1) is 10.2. The number of hydrogen-bond donors (Lipinski definition) is 1. The number of anilines is 1. The Balaban J connectivity index is 2.15. The Kier molecular flexibility index (Phi) is 2.24. The lowest BCUT2D eigenvalue weighted by molar-refractivity contribution is 0.354. The summed E-state index contributed by atoms with van der Waals surface area (Å²) in [7, 11) is 0. The van der Waals surface area contributed by atoms with E-state index in [1.807, 2.05) is 0 Å². The number of rotatable bonds is 1. The van der Waals surface area contributed by atoms with Gasteiger partial charge in [0.05, 0.1) is 0 Å². The zero-order valence-electron chi connectivity index (χ0n) is 10.2. The van der Waals surface area contributed by atoms with Gasteiger partial charge < -0.3 is 5.73 Å². The van der Waals surface area contributed by atoms with E-state index in [1.54, 1.807) is 5.56 Å². The second-order valence-electron chi connectivity index (χ2n) is 5.82. The van der Waals surface area contributed by atoms with Crippen molar-refractivity contribution in [1.82, 2.24) is 0 Å². The van der Waals surface area contributed by atoms with E-state index in [2.05, 4.69) is 32.0 Å². The Labute approximate surface area is 98.0 Å². The van der Waals surface area contributed by atoms with Crippen LogP contribution in [0.1, 0.15) is 56.1 Å². The molecule has 0 spiro atoms. The van der Waals surface area contributed by atoms with Gasteiger partial charge in [-0.1, -0.05) is 32.4 Å². The molecule has 1 saturated carbocycles. The summed E-state index contributed by atoms with van der Waals surface area (Å²) >= 11 is 0. The molecule has 2 aliphatic rings. The van der Waals surface area contributed by atoms with Crippen molar-refractivity contribution < 1.29 is 0 Å². The molecule has 16 heavy (non-hydrogen) atoms. The third-order valence-electron chi connectivity index (χ3n) is 4.65. The van der Waals surface area contributed by atoms with Gasteiger partial charge in [-0.05, 0) is 53.7 Å². The molecule has 2 unspecified atom stereocenters. The quantitative estimate of drug-likeness (QED) is 0.706. The van der Waals surface area contributed by atoms with E-state index in [-0.39, 0.29) is 0 Å². The third-order valence-corrected chi connectivity index (χ3v) is 4.65. The van der Waals surface area contributed by atoms with Crippen molar-refractivity contribution in [1.29, 1.82) is 0 Å². The standard InChI is InChI=1S/C15H21N/c1-9(2)14-10-5-3-6-11(10)15-12(14)7-4-8-13(15)16/h4,7-11,14H,3,5-6,16H2,1-2H3/t10-,11?,14?/m1/s1. The topological polar surface area (TPSA) is 26.0 Å². The molecule has 1 nitrogen and oxygen atoms in total. The third kappa shape index (κ3) is 1.24. The van der Waals surface area contributed by atoms with Gasteiger partial charge in [-0.15, -0.1) is 0 Å². The maximum Gasteiger partial charge on any atom is 0.0352 e. The first-order chi connectivity index (χ1) is 7.70. The highest BCUT2D eigenvalue weighted by molar-refractivity contribution is 5.57. The SMILES string of the molecule is CC(C)C1c2cccc(N)c2C2CCC[C@H]21. The van der Waals surface area contributed by atoms with E-state index >= 15 is 0 Å². The molecule has 3 atom stereocenters. The van der Waals surface area contributed by atoms with Gasteiger partial charge >= 0.3 is 0 Å². The van der Waals surface area contributed by atoms with Crippen molar-refractivity contribution >= 4 is 5.69 Å². The molecule has 0 saturated heterocycles. The zero-order valence-corrected chi connectivity index (χ0v) is 10.2. The van der Waals surface area contributed by atoms with Gasteiger partial charge in [0.15, 0.2) is 0 Å². The lowest BCUT2D eigenvalue weighted by Crippen LogP contribution is -2.12. The van der Waals surface area contributed by atoms with Gasteiger partial charge in [-0.3, -0.25) is 0 Å². The van der Waals surface area contributed by atoms with Crippen LogP contribution in [0.15, 0.2) is 18.2 Å². The molecule has 0 aliphatic heterocycles. The predicted molar refractivity (Wildman–Crippen MR) is 68.5 cm³/mol. The average Bonchev–Trinajstić information content (AvgIpc) is 2.75. The molecule has 2 N–H and O–H groups in total. The van der Waals surface area contributed by atoms with Crippen molar-refractivity contribution in [2.45, 2.75) is 44.9 Å². The van der Waals surface area contributed by atoms with Gasteiger partial charge in [0.25, 0.3) is 0 Å². The Bertz CT molecular complexity index is 408. The maximum atomic E-state index is 6.19. The minimum absolute atomic E-state index is 0.744. The van der Waals surface area contributed by atoms with E-state index in [9.17, 15) is 0 Å². The molecular weight excluding hydrogens is 194 g/mol. The summed E-state index contributed by atoms with van der Waals surface area (Å²) in [6.07, 6.45) is 4.16. The monoisotopic (exact) mass is 215 g/mol. The molecule has 0 bridgehead atoms. The molecular formula is C15H21N. The lowest BCUT2D eigenvalue weighted by atomic mass is 9.81. The molecule has 86 valence electrons. The van der Waals surface area contributed by atoms with E-state index < -0.39 is 0 Å². The minimum Gasteiger partial charge on any atom is -0.398 e. The molecule has 3 rings (SSSR count).